The molecule has 0 saturated heterocycles. The third-order valence-electron chi connectivity index (χ3n) is 4.98. The molecule has 156 valence electrons. The summed E-state index contributed by atoms with van der Waals surface area (Å²) in [6, 6.07) is 13.7. The zero-order valence-electron chi connectivity index (χ0n) is 16.3. The Labute approximate surface area is 176 Å². The van der Waals surface area contributed by atoms with E-state index in [0.717, 1.165) is 0 Å². The normalized spacial score (nSPS) is 12.7. The smallest absolute Gasteiger partial charge is 0.272 e. The maximum Gasteiger partial charge on any atom is 0.272 e. The summed E-state index contributed by atoms with van der Waals surface area (Å²) in [5.41, 5.74) is 2.08. The standard InChI is InChI=1S/C23H17F2N3O3/c24-16-3-1-2-14(8-16)13-28-19-5-4-17(25)9-15(19)10-20(28)22(29)27-18-11-21-23(26-12-18)31-7-6-30-21/h1-5,8-12H,6-7,13H2,(H,27,29). The molecule has 0 saturated carbocycles. The van der Waals surface area contributed by atoms with Crippen molar-refractivity contribution in [2.45, 2.75) is 6.54 Å². The maximum absolute atomic E-state index is 13.8. The van der Waals surface area contributed by atoms with E-state index in [4.69, 9.17) is 9.47 Å². The lowest BCUT2D eigenvalue weighted by Gasteiger charge is -2.18. The zero-order chi connectivity index (χ0) is 21.4. The molecule has 31 heavy (non-hydrogen) atoms. The second-order valence-electron chi connectivity index (χ2n) is 7.13. The number of pyridine rings is 1. The van der Waals surface area contributed by atoms with Crippen LogP contribution in [0.4, 0.5) is 14.5 Å². The molecule has 0 radical (unpaired) electrons. The summed E-state index contributed by atoms with van der Waals surface area (Å²) < 4.78 is 40.1. The van der Waals surface area contributed by atoms with E-state index in [1.807, 2.05) is 0 Å². The van der Waals surface area contributed by atoms with Crippen molar-refractivity contribution >= 4 is 22.5 Å². The number of amides is 1. The molecule has 0 unspecified atom stereocenters. The molecule has 0 fully saturated rings. The average Bonchev–Trinajstić information content (AvgIpc) is 3.11. The summed E-state index contributed by atoms with van der Waals surface area (Å²) in [5, 5.41) is 3.37. The monoisotopic (exact) mass is 421 g/mol. The van der Waals surface area contributed by atoms with Crippen LogP contribution in [-0.4, -0.2) is 28.7 Å². The van der Waals surface area contributed by atoms with E-state index in [1.165, 1.54) is 30.5 Å². The molecule has 1 aliphatic rings. The lowest BCUT2D eigenvalue weighted by atomic mass is 10.2. The molecule has 2 aromatic carbocycles. The van der Waals surface area contributed by atoms with Crippen molar-refractivity contribution in [2.75, 3.05) is 18.5 Å². The average molecular weight is 421 g/mol. The fourth-order valence-electron chi connectivity index (χ4n) is 3.62. The van der Waals surface area contributed by atoms with E-state index < -0.39 is 11.7 Å². The molecule has 8 heteroatoms. The summed E-state index contributed by atoms with van der Waals surface area (Å²) in [4.78, 5) is 17.3. The number of hydrogen-bond acceptors (Lipinski definition) is 4. The van der Waals surface area contributed by atoms with Gasteiger partial charge in [0, 0.05) is 23.5 Å². The van der Waals surface area contributed by atoms with Crippen molar-refractivity contribution in [2.24, 2.45) is 0 Å². The van der Waals surface area contributed by atoms with Crippen molar-refractivity contribution < 1.29 is 23.0 Å². The number of rotatable bonds is 4. The number of fused-ring (bicyclic) bond motifs is 2. The summed E-state index contributed by atoms with van der Waals surface area (Å²) >= 11 is 0. The second-order valence-corrected chi connectivity index (χ2v) is 7.13. The van der Waals surface area contributed by atoms with Gasteiger partial charge < -0.3 is 19.4 Å². The van der Waals surface area contributed by atoms with Gasteiger partial charge in [0.2, 0.25) is 0 Å². The Morgan fingerprint density at radius 1 is 1.03 bits per heavy atom. The largest absolute Gasteiger partial charge is 0.484 e. The van der Waals surface area contributed by atoms with E-state index in [1.54, 1.807) is 34.9 Å². The molecule has 0 atom stereocenters. The van der Waals surface area contributed by atoms with Crippen LogP contribution in [0.3, 0.4) is 0 Å². The molecule has 3 heterocycles. The summed E-state index contributed by atoms with van der Waals surface area (Å²) in [5.74, 6) is -0.357. The van der Waals surface area contributed by atoms with Gasteiger partial charge in [0.15, 0.2) is 5.75 Å². The van der Waals surface area contributed by atoms with Gasteiger partial charge in [-0.15, -0.1) is 0 Å². The fraction of sp³-hybridized carbons (Fsp3) is 0.130. The highest BCUT2D eigenvalue weighted by Crippen LogP contribution is 2.30. The number of ether oxygens (including phenoxy) is 2. The lowest BCUT2D eigenvalue weighted by Crippen LogP contribution is -2.19. The molecule has 0 spiro atoms. The van der Waals surface area contributed by atoms with E-state index in [-0.39, 0.29) is 12.4 Å². The third kappa shape index (κ3) is 3.79. The molecule has 1 N–H and O–H groups in total. The number of anilines is 1. The minimum atomic E-state index is -0.411. The maximum atomic E-state index is 13.8. The number of aromatic nitrogens is 2. The fourth-order valence-corrected chi connectivity index (χ4v) is 3.62. The number of hydrogen-bond donors (Lipinski definition) is 1. The topological polar surface area (TPSA) is 65.4 Å². The van der Waals surface area contributed by atoms with Crippen LogP contribution in [-0.2, 0) is 6.54 Å². The van der Waals surface area contributed by atoms with Gasteiger partial charge in [0.25, 0.3) is 11.8 Å². The van der Waals surface area contributed by atoms with Crippen LogP contribution in [0.2, 0.25) is 0 Å². The Morgan fingerprint density at radius 2 is 1.87 bits per heavy atom. The third-order valence-corrected chi connectivity index (χ3v) is 4.98. The first-order chi connectivity index (χ1) is 15.1. The van der Waals surface area contributed by atoms with Gasteiger partial charge in [-0.25, -0.2) is 13.8 Å². The van der Waals surface area contributed by atoms with Crippen molar-refractivity contribution in [1.82, 2.24) is 9.55 Å². The van der Waals surface area contributed by atoms with E-state index in [9.17, 15) is 13.6 Å². The number of nitrogens with one attached hydrogen (secondary N) is 1. The molecule has 0 aliphatic carbocycles. The van der Waals surface area contributed by atoms with Crippen LogP contribution in [0.5, 0.6) is 11.6 Å². The minimum Gasteiger partial charge on any atom is -0.484 e. The first kappa shape index (κ1) is 19.0. The Hall–Kier alpha value is -3.94. The molecule has 5 rings (SSSR count). The van der Waals surface area contributed by atoms with Crippen LogP contribution < -0.4 is 14.8 Å². The lowest BCUT2D eigenvalue weighted by molar-refractivity contribution is 0.101. The Balaban J connectivity index is 1.51. The predicted octanol–water partition coefficient (Wildman–Crippen LogP) is 4.39. The first-order valence-electron chi connectivity index (χ1n) is 9.67. The van der Waals surface area contributed by atoms with Crippen molar-refractivity contribution in [3.05, 3.63) is 83.7 Å². The second kappa shape index (κ2) is 7.71. The van der Waals surface area contributed by atoms with Crippen molar-refractivity contribution in [3.63, 3.8) is 0 Å². The SMILES string of the molecule is O=C(Nc1cnc2c(c1)OCCO2)c1cc2cc(F)ccc2n1Cc1cccc(F)c1. The predicted molar refractivity (Wildman–Crippen MR) is 111 cm³/mol. The van der Waals surface area contributed by atoms with E-state index in [0.29, 0.717) is 52.7 Å². The summed E-state index contributed by atoms with van der Waals surface area (Å²) in [7, 11) is 0. The van der Waals surface area contributed by atoms with Crippen LogP contribution in [0.25, 0.3) is 10.9 Å². The summed E-state index contributed by atoms with van der Waals surface area (Å²) in [6.45, 7) is 1.07. The number of benzene rings is 2. The number of carbonyl (C=O) groups excluding carboxylic acids is 1. The molecule has 0 bridgehead atoms. The highest BCUT2D eigenvalue weighted by atomic mass is 19.1. The molecular weight excluding hydrogens is 404 g/mol. The molecule has 4 aromatic rings. The van der Waals surface area contributed by atoms with Crippen LogP contribution in [0.15, 0.2) is 60.8 Å². The van der Waals surface area contributed by atoms with Gasteiger partial charge in [-0.05, 0) is 42.0 Å². The van der Waals surface area contributed by atoms with Gasteiger partial charge in [-0.1, -0.05) is 12.1 Å². The quantitative estimate of drug-likeness (QED) is 0.531. The zero-order valence-corrected chi connectivity index (χ0v) is 16.3. The van der Waals surface area contributed by atoms with Gasteiger partial charge in [-0.3, -0.25) is 4.79 Å². The van der Waals surface area contributed by atoms with Crippen molar-refractivity contribution in [3.8, 4) is 11.6 Å². The first-order valence-corrected chi connectivity index (χ1v) is 9.67. The minimum absolute atomic E-state index is 0.245. The van der Waals surface area contributed by atoms with Crippen molar-refractivity contribution in [1.29, 1.82) is 0 Å². The van der Waals surface area contributed by atoms with Gasteiger partial charge in [0.1, 0.15) is 30.5 Å². The number of halogens is 2. The number of carbonyl (C=O) groups is 1. The highest BCUT2D eigenvalue weighted by molar-refractivity contribution is 6.06. The summed E-state index contributed by atoms with van der Waals surface area (Å²) in [6.07, 6.45) is 1.48. The Bertz CT molecular complexity index is 1300. The Kier molecular flexibility index (Phi) is 4.74. The van der Waals surface area contributed by atoms with E-state index >= 15 is 0 Å². The van der Waals surface area contributed by atoms with Gasteiger partial charge in [0.05, 0.1) is 11.9 Å². The molecule has 1 amide bonds. The molecular formula is C23H17F2N3O3. The van der Waals surface area contributed by atoms with Crippen LogP contribution >= 0.6 is 0 Å². The molecule has 1 aliphatic heterocycles. The van der Waals surface area contributed by atoms with Gasteiger partial charge >= 0.3 is 0 Å². The van der Waals surface area contributed by atoms with Crippen LogP contribution in [0, 0.1) is 11.6 Å². The Morgan fingerprint density at radius 3 is 2.74 bits per heavy atom. The molecule has 6 nitrogen and oxygen atoms in total. The van der Waals surface area contributed by atoms with Crippen LogP contribution in [0.1, 0.15) is 16.1 Å². The number of nitrogens with zero attached hydrogens (tertiary/aromatic N) is 2. The van der Waals surface area contributed by atoms with E-state index in [2.05, 4.69) is 10.3 Å². The molecule has 2 aromatic heterocycles. The van der Waals surface area contributed by atoms with Gasteiger partial charge in [-0.2, -0.15) is 0 Å². The highest BCUT2D eigenvalue weighted by Gasteiger charge is 2.19.